The van der Waals surface area contributed by atoms with Crippen LogP contribution in [0.2, 0.25) is 0 Å². The first kappa shape index (κ1) is 10.5. The fourth-order valence-corrected chi connectivity index (χ4v) is 2.08. The molecule has 0 spiro atoms. The van der Waals surface area contributed by atoms with Crippen LogP contribution in [0.3, 0.4) is 0 Å². The van der Waals surface area contributed by atoms with E-state index in [0.29, 0.717) is 12.1 Å². The fraction of sp³-hybridized carbons (Fsp3) is 0.0667. The van der Waals surface area contributed by atoms with Crippen molar-refractivity contribution in [3.8, 4) is 6.07 Å². The summed E-state index contributed by atoms with van der Waals surface area (Å²) in [5.74, 6) is 0. The molecule has 18 heavy (non-hydrogen) atoms. The van der Waals surface area contributed by atoms with Crippen LogP contribution in [0, 0.1) is 11.3 Å². The van der Waals surface area contributed by atoms with Gasteiger partial charge in [-0.25, -0.2) is 0 Å². The van der Waals surface area contributed by atoms with Crippen LogP contribution in [0.25, 0.3) is 10.9 Å². The molecule has 0 radical (unpaired) electrons. The minimum atomic E-state index is 0.622. The highest BCUT2D eigenvalue weighted by Gasteiger charge is 2.05. The number of nitriles is 1. The summed E-state index contributed by atoms with van der Waals surface area (Å²) in [6.45, 7) is 0.622. The van der Waals surface area contributed by atoms with Crippen molar-refractivity contribution in [2.24, 2.45) is 0 Å². The summed E-state index contributed by atoms with van der Waals surface area (Å²) >= 11 is 0. The number of benzene rings is 2. The predicted octanol–water partition coefficient (Wildman–Crippen LogP) is 2.96. The molecule has 3 nitrogen and oxygen atoms in total. The van der Waals surface area contributed by atoms with E-state index in [1.807, 2.05) is 59.4 Å². The van der Waals surface area contributed by atoms with Gasteiger partial charge in [-0.1, -0.05) is 36.4 Å². The van der Waals surface area contributed by atoms with Crippen molar-refractivity contribution in [1.29, 1.82) is 5.26 Å². The fourth-order valence-electron chi connectivity index (χ4n) is 2.08. The third kappa shape index (κ3) is 1.74. The van der Waals surface area contributed by atoms with Crippen LogP contribution >= 0.6 is 0 Å². The number of aromatic nitrogens is 2. The number of hydrogen-bond donors (Lipinski definition) is 0. The van der Waals surface area contributed by atoms with Crippen LogP contribution < -0.4 is 0 Å². The molecule has 0 aliphatic carbocycles. The highest BCUT2D eigenvalue weighted by molar-refractivity contribution is 5.78. The van der Waals surface area contributed by atoms with E-state index in [1.165, 1.54) is 0 Å². The van der Waals surface area contributed by atoms with Crippen LogP contribution in [0.1, 0.15) is 11.1 Å². The molecule has 0 fully saturated rings. The number of nitrogens with zero attached hydrogens (tertiary/aromatic N) is 3. The van der Waals surface area contributed by atoms with Crippen molar-refractivity contribution in [3.63, 3.8) is 0 Å². The standard InChI is InChI=1S/C15H11N3/c16-9-12-5-1-2-7-14(12)11-18-15-8-4-3-6-13(15)10-17-18/h1-8,10H,11H2. The zero-order valence-corrected chi connectivity index (χ0v) is 9.74. The van der Waals surface area contributed by atoms with Crippen molar-refractivity contribution >= 4 is 10.9 Å². The van der Waals surface area contributed by atoms with Gasteiger partial charge in [0.2, 0.25) is 0 Å². The lowest BCUT2D eigenvalue weighted by molar-refractivity contribution is 0.711. The quantitative estimate of drug-likeness (QED) is 0.682. The zero-order valence-electron chi connectivity index (χ0n) is 9.74. The summed E-state index contributed by atoms with van der Waals surface area (Å²) in [5, 5.41) is 14.6. The average molecular weight is 233 g/mol. The molecule has 86 valence electrons. The van der Waals surface area contributed by atoms with Crippen LogP contribution in [-0.2, 0) is 6.54 Å². The lowest BCUT2D eigenvalue weighted by Gasteiger charge is -2.05. The lowest BCUT2D eigenvalue weighted by Crippen LogP contribution is -2.03. The third-order valence-corrected chi connectivity index (χ3v) is 3.01. The normalized spacial score (nSPS) is 10.4. The van der Waals surface area contributed by atoms with E-state index in [2.05, 4.69) is 11.2 Å². The second-order valence-corrected chi connectivity index (χ2v) is 4.13. The Hall–Kier alpha value is -2.60. The predicted molar refractivity (Wildman–Crippen MR) is 70.0 cm³/mol. The van der Waals surface area contributed by atoms with Gasteiger partial charge in [-0.3, -0.25) is 4.68 Å². The Morgan fingerprint density at radius 1 is 1.06 bits per heavy atom. The number of hydrogen-bond acceptors (Lipinski definition) is 2. The summed E-state index contributed by atoms with van der Waals surface area (Å²) in [4.78, 5) is 0. The molecule has 0 unspecified atom stereocenters. The maximum Gasteiger partial charge on any atom is 0.0995 e. The average Bonchev–Trinajstić information content (AvgIpc) is 2.83. The largest absolute Gasteiger partial charge is 0.260 e. The van der Waals surface area contributed by atoms with E-state index >= 15 is 0 Å². The summed E-state index contributed by atoms with van der Waals surface area (Å²) in [6, 6.07) is 17.9. The van der Waals surface area contributed by atoms with Gasteiger partial charge in [0, 0.05) is 5.39 Å². The number of rotatable bonds is 2. The minimum absolute atomic E-state index is 0.622. The summed E-state index contributed by atoms with van der Waals surface area (Å²) in [5.41, 5.74) is 2.79. The van der Waals surface area contributed by atoms with Gasteiger partial charge in [-0.05, 0) is 17.7 Å². The van der Waals surface area contributed by atoms with Crippen molar-refractivity contribution in [3.05, 3.63) is 65.9 Å². The molecule has 3 rings (SSSR count). The Balaban J connectivity index is 2.05. The number of para-hydroxylation sites is 1. The Morgan fingerprint density at radius 2 is 1.83 bits per heavy atom. The summed E-state index contributed by atoms with van der Waals surface area (Å²) < 4.78 is 1.92. The van der Waals surface area contributed by atoms with E-state index in [-0.39, 0.29) is 0 Å². The molecule has 0 aliphatic rings. The molecule has 3 aromatic rings. The molecular weight excluding hydrogens is 222 g/mol. The molecular formula is C15H11N3. The van der Waals surface area contributed by atoms with Gasteiger partial charge >= 0.3 is 0 Å². The van der Waals surface area contributed by atoms with E-state index in [9.17, 15) is 0 Å². The van der Waals surface area contributed by atoms with Crippen molar-refractivity contribution < 1.29 is 0 Å². The van der Waals surface area contributed by atoms with Gasteiger partial charge in [0.15, 0.2) is 0 Å². The highest BCUT2D eigenvalue weighted by Crippen LogP contribution is 2.16. The summed E-state index contributed by atoms with van der Waals surface area (Å²) in [6.07, 6.45) is 1.85. The van der Waals surface area contributed by atoms with Crippen LogP contribution in [0.4, 0.5) is 0 Å². The lowest BCUT2D eigenvalue weighted by atomic mass is 10.1. The molecule has 2 aromatic carbocycles. The second-order valence-electron chi connectivity index (χ2n) is 4.13. The molecule has 0 bridgehead atoms. The molecule has 0 amide bonds. The van der Waals surface area contributed by atoms with Crippen molar-refractivity contribution in [2.75, 3.05) is 0 Å². The first-order chi connectivity index (χ1) is 8.88. The number of fused-ring (bicyclic) bond motifs is 1. The topological polar surface area (TPSA) is 41.6 Å². The molecule has 0 aliphatic heterocycles. The SMILES string of the molecule is N#Cc1ccccc1Cn1ncc2ccccc21. The molecule has 0 saturated heterocycles. The minimum Gasteiger partial charge on any atom is -0.260 e. The Kier molecular flexibility index (Phi) is 2.54. The second kappa shape index (κ2) is 4.34. The molecule has 0 saturated carbocycles. The maximum absolute atomic E-state index is 9.08. The van der Waals surface area contributed by atoms with Gasteiger partial charge in [-0.2, -0.15) is 10.4 Å². The molecule has 3 heteroatoms. The van der Waals surface area contributed by atoms with E-state index in [4.69, 9.17) is 5.26 Å². The maximum atomic E-state index is 9.08. The smallest absolute Gasteiger partial charge is 0.0995 e. The molecule has 0 atom stereocenters. The first-order valence-corrected chi connectivity index (χ1v) is 5.77. The van der Waals surface area contributed by atoms with Gasteiger partial charge in [0.25, 0.3) is 0 Å². The van der Waals surface area contributed by atoms with Crippen molar-refractivity contribution in [1.82, 2.24) is 9.78 Å². The van der Waals surface area contributed by atoms with Gasteiger partial charge in [0.1, 0.15) is 0 Å². The Morgan fingerprint density at radius 3 is 2.72 bits per heavy atom. The molecule has 0 N–H and O–H groups in total. The Labute approximate surface area is 105 Å². The van der Waals surface area contributed by atoms with E-state index in [1.54, 1.807) is 0 Å². The zero-order chi connectivity index (χ0) is 12.4. The van der Waals surface area contributed by atoms with Crippen LogP contribution in [0.15, 0.2) is 54.7 Å². The molecule has 1 aromatic heterocycles. The summed E-state index contributed by atoms with van der Waals surface area (Å²) in [7, 11) is 0. The Bertz CT molecular complexity index is 735. The first-order valence-electron chi connectivity index (χ1n) is 5.77. The van der Waals surface area contributed by atoms with Crippen LogP contribution in [-0.4, -0.2) is 9.78 Å². The van der Waals surface area contributed by atoms with Gasteiger partial charge < -0.3 is 0 Å². The monoisotopic (exact) mass is 233 g/mol. The third-order valence-electron chi connectivity index (χ3n) is 3.01. The van der Waals surface area contributed by atoms with Crippen LogP contribution in [0.5, 0.6) is 0 Å². The highest BCUT2D eigenvalue weighted by atomic mass is 15.3. The molecule has 1 heterocycles. The van der Waals surface area contributed by atoms with Gasteiger partial charge in [0.05, 0.1) is 29.9 Å². The van der Waals surface area contributed by atoms with Crippen molar-refractivity contribution in [2.45, 2.75) is 6.54 Å². The van der Waals surface area contributed by atoms with E-state index in [0.717, 1.165) is 16.5 Å². The van der Waals surface area contributed by atoms with E-state index < -0.39 is 0 Å². The van der Waals surface area contributed by atoms with Gasteiger partial charge in [-0.15, -0.1) is 0 Å².